The number of hydrogen-bond acceptors (Lipinski definition) is 6. The maximum Gasteiger partial charge on any atom is 0.362 e. The van der Waals surface area contributed by atoms with Crippen molar-refractivity contribution < 1.29 is 38.2 Å². The van der Waals surface area contributed by atoms with Crippen LogP contribution in [0.4, 0.5) is 0 Å². The standard InChI is InChI=1S/C47H79NO7/c1-6-8-10-12-14-16-18-20-22-23-24-26-27-29-31-33-35-37-45(49)54-42-43(41-53-40-39-44(47(51)52)48(3,4)5)55-46(50)38-36-34-32-30-28-25-21-19-17-15-13-11-9-7-2/h8,10,14,16,20,22,24-26,28-29,31,43-44H,6-7,9,11-13,15,17-19,21,23,27,30,32-42H2,1-5H3/p+1/b10-8+,16-14+,22-20+,26-24+,28-25+,31-29+. The van der Waals surface area contributed by atoms with Crippen LogP contribution < -0.4 is 0 Å². The monoisotopic (exact) mass is 771 g/mol. The van der Waals surface area contributed by atoms with Crippen molar-refractivity contribution in [1.82, 2.24) is 0 Å². The van der Waals surface area contributed by atoms with Crippen LogP contribution in [0.1, 0.15) is 155 Å². The van der Waals surface area contributed by atoms with Crippen LogP contribution in [0.5, 0.6) is 0 Å². The predicted molar refractivity (Wildman–Crippen MR) is 229 cm³/mol. The molecule has 0 heterocycles. The van der Waals surface area contributed by atoms with E-state index >= 15 is 0 Å². The summed E-state index contributed by atoms with van der Waals surface area (Å²) in [5, 5.41) is 9.61. The van der Waals surface area contributed by atoms with Crippen molar-refractivity contribution in [3.63, 3.8) is 0 Å². The van der Waals surface area contributed by atoms with Gasteiger partial charge >= 0.3 is 17.9 Å². The summed E-state index contributed by atoms with van der Waals surface area (Å²) in [5.41, 5.74) is 0. The second-order valence-corrected chi connectivity index (χ2v) is 15.2. The Balaban J connectivity index is 4.49. The van der Waals surface area contributed by atoms with E-state index in [1.807, 2.05) is 21.1 Å². The molecular weight excluding hydrogens is 691 g/mol. The van der Waals surface area contributed by atoms with E-state index in [1.165, 1.54) is 44.9 Å². The Kier molecular flexibility index (Phi) is 35.5. The molecule has 1 N–H and O–H groups in total. The van der Waals surface area contributed by atoms with E-state index in [2.05, 4.69) is 86.8 Å². The molecule has 0 aromatic rings. The number of carbonyl (C=O) groups excluding carboxylic acids is 2. The minimum absolute atomic E-state index is 0.0338. The zero-order valence-electron chi connectivity index (χ0n) is 35.6. The highest BCUT2D eigenvalue weighted by atomic mass is 16.6. The first-order chi connectivity index (χ1) is 26.6. The number of carbonyl (C=O) groups is 3. The highest BCUT2D eigenvalue weighted by Crippen LogP contribution is 2.12. The summed E-state index contributed by atoms with van der Waals surface area (Å²) in [6.07, 6.45) is 46.7. The summed E-state index contributed by atoms with van der Waals surface area (Å²) in [7, 11) is 5.49. The lowest BCUT2D eigenvalue weighted by molar-refractivity contribution is -0.887. The lowest BCUT2D eigenvalue weighted by Crippen LogP contribution is -2.50. The van der Waals surface area contributed by atoms with E-state index < -0.39 is 18.1 Å². The number of ether oxygens (including phenoxy) is 3. The Morgan fingerprint density at radius 2 is 1.04 bits per heavy atom. The molecule has 0 aromatic carbocycles. The van der Waals surface area contributed by atoms with E-state index in [0.717, 1.165) is 70.6 Å². The van der Waals surface area contributed by atoms with Gasteiger partial charge in [0.05, 0.1) is 34.4 Å². The van der Waals surface area contributed by atoms with E-state index in [1.54, 1.807) is 0 Å². The molecule has 0 aromatic heterocycles. The maximum atomic E-state index is 12.7. The van der Waals surface area contributed by atoms with E-state index in [-0.39, 0.29) is 42.7 Å². The van der Waals surface area contributed by atoms with Crippen LogP contribution >= 0.6 is 0 Å². The number of quaternary nitrogens is 1. The van der Waals surface area contributed by atoms with Crippen molar-refractivity contribution in [3.8, 4) is 0 Å². The lowest BCUT2D eigenvalue weighted by Gasteiger charge is -2.31. The fourth-order valence-electron chi connectivity index (χ4n) is 5.77. The van der Waals surface area contributed by atoms with Gasteiger partial charge in [-0.15, -0.1) is 0 Å². The number of allylic oxidation sites excluding steroid dienone is 12. The van der Waals surface area contributed by atoms with Gasteiger partial charge in [-0.1, -0.05) is 132 Å². The highest BCUT2D eigenvalue weighted by Gasteiger charge is 2.31. The first-order valence-corrected chi connectivity index (χ1v) is 21.5. The number of rotatable bonds is 37. The Bertz CT molecular complexity index is 1130. The number of carboxylic acids is 1. The summed E-state index contributed by atoms with van der Waals surface area (Å²) in [6, 6.07) is -0.628. The van der Waals surface area contributed by atoms with Crippen molar-refractivity contribution in [3.05, 3.63) is 72.9 Å². The van der Waals surface area contributed by atoms with Gasteiger partial charge in [-0.05, 0) is 77.0 Å². The van der Waals surface area contributed by atoms with E-state index in [0.29, 0.717) is 19.3 Å². The molecule has 0 aliphatic carbocycles. The van der Waals surface area contributed by atoms with Gasteiger partial charge in [0, 0.05) is 19.3 Å². The molecular formula is C47H80NO7+. The van der Waals surface area contributed by atoms with Crippen LogP contribution in [0.2, 0.25) is 0 Å². The topological polar surface area (TPSA) is 99.1 Å². The third-order valence-electron chi connectivity index (χ3n) is 9.09. The van der Waals surface area contributed by atoms with Crippen LogP contribution in [0.15, 0.2) is 72.9 Å². The maximum absolute atomic E-state index is 12.7. The summed E-state index contributed by atoms with van der Waals surface area (Å²) >= 11 is 0. The molecule has 2 unspecified atom stereocenters. The van der Waals surface area contributed by atoms with Crippen molar-refractivity contribution in [2.24, 2.45) is 0 Å². The van der Waals surface area contributed by atoms with Crippen molar-refractivity contribution in [2.45, 2.75) is 167 Å². The third-order valence-corrected chi connectivity index (χ3v) is 9.09. The average molecular weight is 771 g/mol. The smallest absolute Gasteiger partial charge is 0.362 e. The molecule has 2 atom stereocenters. The number of likely N-dealkylation sites (N-methyl/N-ethyl adjacent to an activating group) is 1. The Morgan fingerprint density at radius 1 is 0.564 bits per heavy atom. The molecule has 314 valence electrons. The molecule has 8 heteroatoms. The molecule has 0 spiro atoms. The van der Waals surface area contributed by atoms with E-state index in [4.69, 9.17) is 14.2 Å². The number of hydrogen-bond donors (Lipinski definition) is 1. The summed E-state index contributed by atoms with van der Waals surface area (Å²) in [5.74, 6) is -1.57. The van der Waals surface area contributed by atoms with Gasteiger partial charge in [0.15, 0.2) is 12.1 Å². The minimum Gasteiger partial charge on any atom is -0.477 e. The van der Waals surface area contributed by atoms with Gasteiger partial charge in [-0.2, -0.15) is 0 Å². The minimum atomic E-state index is -0.888. The van der Waals surface area contributed by atoms with E-state index in [9.17, 15) is 19.5 Å². The molecule has 0 radical (unpaired) electrons. The van der Waals surface area contributed by atoms with Gasteiger partial charge in [0.25, 0.3) is 0 Å². The molecule has 55 heavy (non-hydrogen) atoms. The van der Waals surface area contributed by atoms with Gasteiger partial charge in [-0.25, -0.2) is 4.79 Å². The van der Waals surface area contributed by atoms with Crippen LogP contribution in [-0.4, -0.2) is 80.6 Å². The quantitative estimate of drug-likeness (QED) is 0.0291. The fraction of sp³-hybridized carbons (Fsp3) is 0.681. The molecule has 0 aliphatic rings. The molecule has 0 saturated heterocycles. The van der Waals surface area contributed by atoms with Crippen molar-refractivity contribution in [1.29, 1.82) is 0 Å². The normalized spacial score (nSPS) is 13.7. The van der Waals surface area contributed by atoms with Gasteiger partial charge in [0.2, 0.25) is 0 Å². The lowest BCUT2D eigenvalue weighted by atomic mass is 10.1. The molecule has 0 fully saturated rings. The average Bonchev–Trinajstić information content (AvgIpc) is 3.14. The highest BCUT2D eigenvalue weighted by molar-refractivity contribution is 5.72. The van der Waals surface area contributed by atoms with Crippen LogP contribution in [0, 0.1) is 0 Å². The second kappa shape index (κ2) is 37.7. The molecule has 0 bridgehead atoms. The number of aliphatic carboxylic acids is 1. The summed E-state index contributed by atoms with van der Waals surface area (Å²) in [4.78, 5) is 36.9. The van der Waals surface area contributed by atoms with Crippen LogP contribution in [0.25, 0.3) is 0 Å². The van der Waals surface area contributed by atoms with Crippen molar-refractivity contribution in [2.75, 3.05) is 41.0 Å². The number of esters is 2. The molecule has 8 nitrogen and oxygen atoms in total. The SMILES string of the molecule is CC/C=C/C/C=C/C/C=C/C/C=C/C/C=C/CCCC(=O)OCC(COCCC(C(=O)O)[N+](C)(C)C)OC(=O)CCCCC/C=C/CCCCCCCCC. The summed E-state index contributed by atoms with van der Waals surface area (Å²) < 4.78 is 17.2. The fourth-order valence-corrected chi connectivity index (χ4v) is 5.77. The summed E-state index contributed by atoms with van der Waals surface area (Å²) in [6.45, 7) is 4.52. The molecule has 0 rings (SSSR count). The zero-order chi connectivity index (χ0) is 40.7. The van der Waals surface area contributed by atoms with Gasteiger partial charge in [0.1, 0.15) is 6.61 Å². The Morgan fingerprint density at radius 3 is 1.58 bits per heavy atom. The Hall–Kier alpha value is -3.23. The van der Waals surface area contributed by atoms with Gasteiger partial charge < -0.3 is 23.8 Å². The zero-order valence-corrected chi connectivity index (χ0v) is 35.6. The van der Waals surface area contributed by atoms with Gasteiger partial charge in [-0.3, -0.25) is 9.59 Å². The number of nitrogens with zero attached hydrogens (tertiary/aromatic N) is 1. The third kappa shape index (κ3) is 36.2. The number of unbranched alkanes of at least 4 members (excludes halogenated alkanes) is 11. The number of carboxylic acid groups (broad SMARTS) is 1. The Labute approximate surface area is 336 Å². The largest absolute Gasteiger partial charge is 0.477 e. The first-order valence-electron chi connectivity index (χ1n) is 21.5. The molecule has 0 amide bonds. The predicted octanol–water partition coefficient (Wildman–Crippen LogP) is 11.6. The second-order valence-electron chi connectivity index (χ2n) is 15.2. The van der Waals surface area contributed by atoms with Crippen LogP contribution in [0.3, 0.4) is 0 Å². The molecule has 0 saturated carbocycles. The first kappa shape index (κ1) is 51.8. The molecule has 0 aliphatic heterocycles. The van der Waals surface area contributed by atoms with Crippen LogP contribution in [-0.2, 0) is 28.6 Å². The van der Waals surface area contributed by atoms with Crippen molar-refractivity contribution >= 4 is 17.9 Å².